The quantitative estimate of drug-likeness (QED) is 0.616. The van der Waals surface area contributed by atoms with E-state index >= 15 is 0 Å². The maximum Gasteiger partial charge on any atom is 0.407 e. The van der Waals surface area contributed by atoms with Crippen molar-refractivity contribution in [3.63, 3.8) is 0 Å². The van der Waals surface area contributed by atoms with Gasteiger partial charge in [-0.1, -0.05) is 19.4 Å². The zero-order chi connectivity index (χ0) is 15.8. The van der Waals surface area contributed by atoms with Gasteiger partial charge in [-0.25, -0.2) is 4.79 Å². The minimum atomic E-state index is -1.32. The Kier molecular flexibility index (Phi) is 7.91. The zero-order valence-electron chi connectivity index (χ0n) is 12.7. The maximum absolute atomic E-state index is 11.7. The van der Waals surface area contributed by atoms with Crippen molar-refractivity contribution in [3.8, 4) is 0 Å². The lowest BCUT2D eigenvalue weighted by molar-refractivity contribution is -0.130. The van der Waals surface area contributed by atoms with Crippen LogP contribution in [0.5, 0.6) is 0 Å². The van der Waals surface area contributed by atoms with Crippen LogP contribution in [0.25, 0.3) is 0 Å². The number of ether oxygens (including phenoxy) is 1. The molecular weight excluding hydrogens is 260 g/mol. The lowest BCUT2D eigenvalue weighted by Crippen LogP contribution is -2.51. The summed E-state index contributed by atoms with van der Waals surface area (Å²) >= 11 is 0. The molecule has 0 aromatic heterocycles. The van der Waals surface area contributed by atoms with Crippen LogP contribution < -0.4 is 10.6 Å². The molecule has 0 saturated carbocycles. The lowest BCUT2D eigenvalue weighted by atomic mass is 10.1. The maximum atomic E-state index is 11.7. The number of nitrogens with one attached hydrogen (secondary N) is 2. The third-order valence-corrected chi connectivity index (χ3v) is 2.37. The van der Waals surface area contributed by atoms with E-state index in [0.29, 0.717) is 12.8 Å². The molecule has 0 aliphatic rings. The third kappa shape index (κ3) is 7.78. The molecule has 0 rings (SSSR count). The average Bonchev–Trinajstić information content (AvgIpc) is 2.32. The molecule has 0 bridgehead atoms. The highest BCUT2D eigenvalue weighted by atomic mass is 16.6. The fourth-order valence-electron chi connectivity index (χ4n) is 1.54. The summed E-state index contributed by atoms with van der Waals surface area (Å²) in [5, 5.41) is 15.0. The third-order valence-electron chi connectivity index (χ3n) is 2.37. The Bertz CT molecular complexity index is 337. The molecule has 2 atom stereocenters. The molecule has 116 valence electrons. The highest BCUT2D eigenvalue weighted by molar-refractivity contribution is 5.82. The SMILES string of the molecule is C=CCNC(=O)C(O)C(CCC)NC(=O)OC(C)(C)C. The highest BCUT2D eigenvalue weighted by Crippen LogP contribution is 2.09. The Labute approximate surface area is 120 Å². The molecule has 0 aromatic rings. The highest BCUT2D eigenvalue weighted by Gasteiger charge is 2.28. The summed E-state index contributed by atoms with van der Waals surface area (Å²) in [4.78, 5) is 23.4. The second kappa shape index (κ2) is 8.58. The lowest BCUT2D eigenvalue weighted by Gasteiger charge is -2.26. The first kappa shape index (κ1) is 18.4. The van der Waals surface area contributed by atoms with Gasteiger partial charge in [0.25, 0.3) is 5.91 Å². The molecule has 3 N–H and O–H groups in total. The number of rotatable bonds is 7. The molecule has 6 heteroatoms. The van der Waals surface area contributed by atoms with Gasteiger partial charge in [-0.15, -0.1) is 6.58 Å². The molecule has 2 unspecified atom stereocenters. The molecular formula is C14H26N2O4. The Hall–Kier alpha value is -1.56. The minimum Gasteiger partial charge on any atom is -0.444 e. The number of aliphatic hydroxyl groups is 1. The molecule has 0 aliphatic carbocycles. The van der Waals surface area contributed by atoms with Crippen LogP contribution >= 0.6 is 0 Å². The molecule has 0 aromatic carbocycles. The fourth-order valence-corrected chi connectivity index (χ4v) is 1.54. The average molecular weight is 286 g/mol. The second-order valence-corrected chi connectivity index (χ2v) is 5.52. The van der Waals surface area contributed by atoms with Gasteiger partial charge in [0, 0.05) is 6.54 Å². The Balaban J connectivity index is 4.58. The van der Waals surface area contributed by atoms with Crippen molar-refractivity contribution in [2.75, 3.05) is 6.54 Å². The van der Waals surface area contributed by atoms with Gasteiger partial charge < -0.3 is 20.5 Å². The predicted octanol–water partition coefficient (Wildman–Crippen LogP) is 1.34. The summed E-state index contributed by atoms with van der Waals surface area (Å²) in [5.41, 5.74) is -0.628. The Morgan fingerprint density at radius 1 is 1.40 bits per heavy atom. The first-order valence-electron chi connectivity index (χ1n) is 6.77. The van der Waals surface area contributed by atoms with E-state index in [1.54, 1.807) is 20.8 Å². The Morgan fingerprint density at radius 2 is 2.00 bits per heavy atom. The van der Waals surface area contributed by atoms with Crippen LogP contribution in [0, 0.1) is 0 Å². The van der Waals surface area contributed by atoms with Gasteiger partial charge in [0.2, 0.25) is 0 Å². The number of hydrogen-bond donors (Lipinski definition) is 3. The van der Waals surface area contributed by atoms with E-state index < -0.39 is 29.7 Å². The van der Waals surface area contributed by atoms with Crippen LogP contribution in [0.4, 0.5) is 4.79 Å². The van der Waals surface area contributed by atoms with Gasteiger partial charge in [-0.05, 0) is 27.2 Å². The van der Waals surface area contributed by atoms with Crippen molar-refractivity contribution >= 4 is 12.0 Å². The van der Waals surface area contributed by atoms with Crippen molar-refractivity contribution in [1.82, 2.24) is 10.6 Å². The van der Waals surface area contributed by atoms with E-state index in [0.717, 1.165) is 0 Å². The summed E-state index contributed by atoms with van der Waals surface area (Å²) < 4.78 is 5.12. The molecule has 20 heavy (non-hydrogen) atoms. The molecule has 0 fully saturated rings. The van der Waals surface area contributed by atoms with Crippen LogP contribution in [0.1, 0.15) is 40.5 Å². The standard InChI is InChI=1S/C14H26N2O4/c1-6-8-10(11(17)12(18)15-9-7-2)16-13(19)20-14(3,4)5/h7,10-11,17H,2,6,8-9H2,1,3-5H3,(H,15,18)(H,16,19). The zero-order valence-corrected chi connectivity index (χ0v) is 12.7. The van der Waals surface area contributed by atoms with Crippen LogP contribution in [0.15, 0.2) is 12.7 Å². The van der Waals surface area contributed by atoms with E-state index in [4.69, 9.17) is 4.74 Å². The summed E-state index contributed by atoms with van der Waals surface area (Å²) in [6.07, 6.45) is 0.739. The van der Waals surface area contributed by atoms with Crippen LogP contribution in [0.2, 0.25) is 0 Å². The number of alkyl carbamates (subject to hydrolysis) is 1. The monoisotopic (exact) mass is 286 g/mol. The normalized spacial score (nSPS) is 14.1. The van der Waals surface area contributed by atoms with E-state index in [-0.39, 0.29) is 6.54 Å². The minimum absolute atomic E-state index is 0.265. The van der Waals surface area contributed by atoms with Crippen molar-refractivity contribution in [2.45, 2.75) is 58.3 Å². The summed E-state index contributed by atoms with van der Waals surface area (Å²) in [6, 6.07) is -0.681. The molecule has 0 radical (unpaired) electrons. The molecule has 0 saturated heterocycles. The topological polar surface area (TPSA) is 87.7 Å². The first-order chi connectivity index (χ1) is 9.21. The smallest absolute Gasteiger partial charge is 0.407 e. The first-order valence-corrected chi connectivity index (χ1v) is 6.77. The van der Waals surface area contributed by atoms with E-state index in [9.17, 15) is 14.7 Å². The molecule has 0 aliphatic heterocycles. The summed E-state index contributed by atoms with van der Waals surface area (Å²) in [7, 11) is 0. The van der Waals surface area contributed by atoms with Gasteiger partial charge in [0.1, 0.15) is 5.60 Å². The Morgan fingerprint density at radius 3 is 2.45 bits per heavy atom. The van der Waals surface area contributed by atoms with Crippen molar-refractivity contribution in [2.24, 2.45) is 0 Å². The van der Waals surface area contributed by atoms with Gasteiger partial charge in [-0.2, -0.15) is 0 Å². The van der Waals surface area contributed by atoms with Crippen molar-refractivity contribution in [1.29, 1.82) is 0 Å². The molecule has 6 nitrogen and oxygen atoms in total. The van der Waals surface area contributed by atoms with Crippen molar-refractivity contribution in [3.05, 3.63) is 12.7 Å². The van der Waals surface area contributed by atoms with E-state index in [1.165, 1.54) is 6.08 Å². The fraction of sp³-hybridized carbons (Fsp3) is 0.714. The van der Waals surface area contributed by atoms with E-state index in [2.05, 4.69) is 17.2 Å². The largest absolute Gasteiger partial charge is 0.444 e. The number of aliphatic hydroxyl groups excluding tert-OH is 1. The van der Waals surface area contributed by atoms with Crippen LogP contribution in [0.3, 0.4) is 0 Å². The summed E-state index contributed by atoms with van der Waals surface area (Å²) in [6.45, 7) is 10.9. The molecule has 2 amide bonds. The number of hydrogen-bond acceptors (Lipinski definition) is 4. The van der Waals surface area contributed by atoms with Crippen LogP contribution in [-0.4, -0.2) is 41.4 Å². The van der Waals surface area contributed by atoms with Crippen molar-refractivity contribution < 1.29 is 19.4 Å². The molecule has 0 spiro atoms. The number of amides is 2. The van der Waals surface area contributed by atoms with Gasteiger partial charge in [-0.3, -0.25) is 4.79 Å². The van der Waals surface area contributed by atoms with Gasteiger partial charge in [0.05, 0.1) is 6.04 Å². The number of carbonyl (C=O) groups excluding carboxylic acids is 2. The number of carbonyl (C=O) groups is 2. The predicted molar refractivity (Wildman–Crippen MR) is 77.3 cm³/mol. The second-order valence-electron chi connectivity index (χ2n) is 5.52. The van der Waals surface area contributed by atoms with Gasteiger partial charge >= 0.3 is 6.09 Å². The summed E-state index contributed by atoms with van der Waals surface area (Å²) in [5.74, 6) is -0.542. The van der Waals surface area contributed by atoms with E-state index in [1.807, 2.05) is 6.92 Å². The molecule has 0 heterocycles. The van der Waals surface area contributed by atoms with Crippen LogP contribution in [-0.2, 0) is 9.53 Å². The van der Waals surface area contributed by atoms with Gasteiger partial charge in [0.15, 0.2) is 6.10 Å².